The molecule has 0 saturated carbocycles. The Balaban J connectivity index is 2.33. The van der Waals surface area contributed by atoms with Gasteiger partial charge in [0.1, 0.15) is 5.82 Å². The van der Waals surface area contributed by atoms with Crippen molar-refractivity contribution in [2.24, 2.45) is 0 Å². The Labute approximate surface area is 102 Å². The molecule has 3 N–H and O–H groups in total. The van der Waals surface area contributed by atoms with Crippen LogP contribution in [0.15, 0.2) is 10.7 Å². The predicted molar refractivity (Wildman–Crippen MR) is 66.3 cm³/mol. The Morgan fingerprint density at radius 2 is 2.38 bits per heavy atom. The second-order valence-electron chi connectivity index (χ2n) is 3.75. The molecular formula is C10H13BrN4O. The highest BCUT2D eigenvalue weighted by molar-refractivity contribution is 9.10. The van der Waals surface area contributed by atoms with E-state index in [0.29, 0.717) is 18.8 Å². The van der Waals surface area contributed by atoms with E-state index in [-0.39, 0.29) is 5.91 Å². The fraction of sp³-hybridized carbons (Fsp3) is 0.400. The quantitative estimate of drug-likeness (QED) is 0.795. The van der Waals surface area contributed by atoms with Crippen molar-refractivity contribution < 1.29 is 4.79 Å². The maximum Gasteiger partial charge on any atom is 0.239 e. The molecule has 2 heterocycles. The number of amides is 1. The van der Waals surface area contributed by atoms with E-state index in [1.165, 1.54) is 0 Å². The van der Waals surface area contributed by atoms with Gasteiger partial charge in [-0.05, 0) is 28.4 Å². The van der Waals surface area contributed by atoms with Crippen LogP contribution in [0.3, 0.4) is 0 Å². The summed E-state index contributed by atoms with van der Waals surface area (Å²) < 4.78 is 0.863. The second kappa shape index (κ2) is 4.29. The average molecular weight is 285 g/mol. The normalized spacial score (nSPS) is 16.1. The lowest BCUT2D eigenvalue weighted by Crippen LogP contribution is -2.48. The molecule has 0 unspecified atom stereocenters. The van der Waals surface area contributed by atoms with Crippen molar-refractivity contribution in [2.75, 3.05) is 30.3 Å². The molecule has 16 heavy (non-hydrogen) atoms. The number of halogens is 1. The summed E-state index contributed by atoms with van der Waals surface area (Å²) in [7, 11) is 0. The van der Waals surface area contributed by atoms with Gasteiger partial charge in [-0.1, -0.05) is 0 Å². The summed E-state index contributed by atoms with van der Waals surface area (Å²) in [6.45, 7) is 3.68. The van der Waals surface area contributed by atoms with E-state index in [4.69, 9.17) is 5.73 Å². The first-order valence-corrected chi connectivity index (χ1v) is 5.81. The summed E-state index contributed by atoms with van der Waals surface area (Å²) in [6.07, 6.45) is 1.63. The van der Waals surface area contributed by atoms with E-state index < -0.39 is 0 Å². The Bertz CT molecular complexity index is 435. The van der Waals surface area contributed by atoms with Gasteiger partial charge in [0.25, 0.3) is 0 Å². The van der Waals surface area contributed by atoms with Gasteiger partial charge in [0, 0.05) is 13.1 Å². The molecule has 5 nitrogen and oxygen atoms in total. The van der Waals surface area contributed by atoms with Crippen molar-refractivity contribution in [3.8, 4) is 0 Å². The Hall–Kier alpha value is -1.30. The third kappa shape index (κ3) is 1.97. The zero-order valence-corrected chi connectivity index (χ0v) is 10.5. The van der Waals surface area contributed by atoms with Crippen molar-refractivity contribution in [1.82, 2.24) is 10.3 Å². The summed E-state index contributed by atoms with van der Waals surface area (Å²) in [5, 5.41) is 2.78. The molecule has 1 aromatic rings. The molecule has 1 aromatic heterocycles. The number of piperazine rings is 1. The molecule has 1 fully saturated rings. The number of pyridine rings is 1. The van der Waals surface area contributed by atoms with Gasteiger partial charge in [-0.2, -0.15) is 0 Å². The zero-order valence-electron chi connectivity index (χ0n) is 8.96. The minimum Gasteiger partial charge on any atom is -0.397 e. The van der Waals surface area contributed by atoms with Crippen LogP contribution in [0, 0.1) is 6.92 Å². The zero-order chi connectivity index (χ0) is 11.7. The van der Waals surface area contributed by atoms with Gasteiger partial charge in [-0.3, -0.25) is 4.79 Å². The van der Waals surface area contributed by atoms with Crippen LogP contribution in [-0.4, -0.2) is 30.5 Å². The molecule has 1 aliphatic heterocycles. The number of carbonyl (C=O) groups is 1. The maximum atomic E-state index is 11.3. The topological polar surface area (TPSA) is 71.2 Å². The number of hydrogen-bond donors (Lipinski definition) is 2. The third-order valence-corrected chi connectivity index (χ3v) is 3.57. The molecule has 2 rings (SSSR count). The van der Waals surface area contributed by atoms with Crippen LogP contribution in [-0.2, 0) is 4.79 Å². The largest absolute Gasteiger partial charge is 0.397 e. The summed E-state index contributed by atoms with van der Waals surface area (Å²) in [6, 6.07) is 0. The molecule has 1 amide bonds. The van der Waals surface area contributed by atoms with Crippen molar-refractivity contribution in [3.05, 3.63) is 16.2 Å². The van der Waals surface area contributed by atoms with Crippen LogP contribution < -0.4 is 16.0 Å². The SMILES string of the molecule is Cc1c(N)cnc(N2CCNC(=O)C2)c1Br. The first kappa shape index (κ1) is 11.2. The first-order chi connectivity index (χ1) is 7.59. The molecule has 0 atom stereocenters. The van der Waals surface area contributed by atoms with Gasteiger partial charge in [0.2, 0.25) is 5.91 Å². The van der Waals surface area contributed by atoms with E-state index in [0.717, 1.165) is 22.4 Å². The molecule has 1 saturated heterocycles. The van der Waals surface area contributed by atoms with E-state index in [1.54, 1.807) is 6.20 Å². The molecule has 0 bridgehead atoms. The number of rotatable bonds is 1. The summed E-state index contributed by atoms with van der Waals surface area (Å²) in [5.41, 5.74) is 7.36. The molecule has 6 heteroatoms. The van der Waals surface area contributed by atoms with Crippen LogP contribution in [0.2, 0.25) is 0 Å². The average Bonchev–Trinajstić information content (AvgIpc) is 2.26. The Kier molecular flexibility index (Phi) is 3.00. The Morgan fingerprint density at radius 1 is 1.62 bits per heavy atom. The Morgan fingerprint density at radius 3 is 3.06 bits per heavy atom. The van der Waals surface area contributed by atoms with Crippen molar-refractivity contribution in [3.63, 3.8) is 0 Å². The number of carbonyl (C=O) groups excluding carboxylic acids is 1. The lowest BCUT2D eigenvalue weighted by Gasteiger charge is -2.28. The summed E-state index contributed by atoms with van der Waals surface area (Å²) in [4.78, 5) is 17.5. The number of nitrogens with zero attached hydrogens (tertiary/aromatic N) is 2. The lowest BCUT2D eigenvalue weighted by molar-refractivity contribution is -0.120. The fourth-order valence-corrected chi connectivity index (χ4v) is 2.20. The second-order valence-corrected chi connectivity index (χ2v) is 4.54. The smallest absolute Gasteiger partial charge is 0.239 e. The van der Waals surface area contributed by atoms with Crippen LogP contribution >= 0.6 is 15.9 Å². The summed E-state index contributed by atoms with van der Waals surface area (Å²) in [5.74, 6) is 0.802. The van der Waals surface area contributed by atoms with Crippen LogP contribution in [0.1, 0.15) is 5.56 Å². The van der Waals surface area contributed by atoms with Crippen molar-refractivity contribution >= 4 is 33.3 Å². The van der Waals surface area contributed by atoms with Crippen LogP contribution in [0.5, 0.6) is 0 Å². The minimum atomic E-state index is 0.0226. The molecule has 0 aromatic carbocycles. The lowest BCUT2D eigenvalue weighted by atomic mass is 10.2. The monoisotopic (exact) mass is 284 g/mol. The molecule has 0 spiro atoms. The number of nitrogens with two attached hydrogens (primary N) is 1. The molecule has 0 aliphatic carbocycles. The fourth-order valence-electron chi connectivity index (χ4n) is 1.62. The van der Waals surface area contributed by atoms with Gasteiger partial charge in [-0.25, -0.2) is 4.98 Å². The number of aromatic nitrogens is 1. The highest BCUT2D eigenvalue weighted by atomic mass is 79.9. The highest BCUT2D eigenvalue weighted by Crippen LogP contribution is 2.30. The summed E-state index contributed by atoms with van der Waals surface area (Å²) >= 11 is 3.47. The van der Waals surface area contributed by atoms with Gasteiger partial charge < -0.3 is 16.0 Å². The highest BCUT2D eigenvalue weighted by Gasteiger charge is 2.20. The predicted octanol–water partition coefficient (Wildman–Crippen LogP) is 0.671. The van der Waals surface area contributed by atoms with Crippen LogP contribution in [0.4, 0.5) is 11.5 Å². The van der Waals surface area contributed by atoms with Crippen molar-refractivity contribution in [1.29, 1.82) is 0 Å². The molecule has 0 radical (unpaired) electrons. The van der Waals surface area contributed by atoms with Gasteiger partial charge in [0.15, 0.2) is 0 Å². The molecule has 1 aliphatic rings. The van der Waals surface area contributed by atoms with E-state index in [1.807, 2.05) is 11.8 Å². The van der Waals surface area contributed by atoms with Gasteiger partial charge in [-0.15, -0.1) is 0 Å². The standard InChI is InChI=1S/C10H13BrN4O/c1-6-7(12)4-14-10(9(6)11)15-3-2-13-8(16)5-15/h4H,2-3,5,12H2,1H3,(H,13,16). The maximum absolute atomic E-state index is 11.3. The van der Waals surface area contributed by atoms with E-state index in [9.17, 15) is 4.79 Å². The van der Waals surface area contributed by atoms with Gasteiger partial charge >= 0.3 is 0 Å². The molecular weight excluding hydrogens is 272 g/mol. The number of nitrogens with one attached hydrogen (secondary N) is 1. The van der Waals surface area contributed by atoms with E-state index >= 15 is 0 Å². The number of anilines is 2. The first-order valence-electron chi connectivity index (χ1n) is 5.02. The van der Waals surface area contributed by atoms with Crippen molar-refractivity contribution in [2.45, 2.75) is 6.92 Å². The number of nitrogen functional groups attached to an aromatic ring is 1. The van der Waals surface area contributed by atoms with E-state index in [2.05, 4.69) is 26.2 Å². The minimum absolute atomic E-state index is 0.0226. The molecule has 86 valence electrons. The third-order valence-electron chi connectivity index (χ3n) is 2.62. The van der Waals surface area contributed by atoms with Gasteiger partial charge in [0.05, 0.1) is 22.9 Å². The number of hydrogen-bond acceptors (Lipinski definition) is 4. The van der Waals surface area contributed by atoms with Crippen LogP contribution in [0.25, 0.3) is 0 Å².